The normalized spacial score (nSPS) is 14.4. The van der Waals surface area contributed by atoms with Gasteiger partial charge < -0.3 is 15.3 Å². The number of aliphatic hydroxyl groups excluding tert-OH is 2. The maximum absolute atomic E-state index is 10.5. The fraction of sp³-hybridized carbons (Fsp3) is 0.444. The molecular formula is C9H11BrN2O4. The van der Waals surface area contributed by atoms with Crippen LogP contribution in [-0.4, -0.2) is 42.7 Å². The number of hydrogen-bond donors (Lipinski definition) is 3. The van der Waals surface area contributed by atoms with Gasteiger partial charge in [0, 0.05) is 23.3 Å². The highest BCUT2D eigenvalue weighted by Crippen LogP contribution is 2.17. The van der Waals surface area contributed by atoms with Crippen molar-refractivity contribution in [3.8, 4) is 0 Å². The van der Waals surface area contributed by atoms with E-state index in [1.54, 1.807) is 0 Å². The minimum absolute atomic E-state index is 0.290. The number of nitrogens with zero attached hydrogens (tertiary/aromatic N) is 2. The van der Waals surface area contributed by atoms with Crippen LogP contribution in [0.5, 0.6) is 0 Å². The number of carboxylic acids is 1. The maximum Gasteiger partial charge on any atom is 0.373 e. The Morgan fingerprint density at radius 1 is 1.38 bits per heavy atom. The van der Waals surface area contributed by atoms with Gasteiger partial charge in [0.05, 0.1) is 6.10 Å². The van der Waals surface area contributed by atoms with Crippen LogP contribution in [0.15, 0.2) is 12.4 Å². The predicted octanol–water partition coefficient (Wildman–Crippen LogP) is 0.354. The van der Waals surface area contributed by atoms with E-state index in [2.05, 4.69) is 25.9 Å². The number of carboxylic acid groups (broad SMARTS) is 1. The van der Waals surface area contributed by atoms with Gasteiger partial charge in [-0.05, 0) is 6.42 Å². The topological polar surface area (TPSA) is 104 Å². The van der Waals surface area contributed by atoms with Crippen molar-refractivity contribution in [3.05, 3.63) is 23.8 Å². The number of hydrogen-bond acceptors (Lipinski definition) is 5. The summed E-state index contributed by atoms with van der Waals surface area (Å²) in [6.45, 7) is 0. The molecule has 0 amide bonds. The van der Waals surface area contributed by atoms with Gasteiger partial charge in [-0.3, -0.25) is 0 Å². The predicted molar refractivity (Wildman–Crippen MR) is 58.4 cm³/mol. The standard InChI is InChI=1S/C9H11BrN2O4/c10-2-1-6(13)7(14)5-3-11-8(9(15)16)12-4-5/h3-4,6-7,13-14H,1-2H2,(H,15,16). The van der Waals surface area contributed by atoms with Crippen molar-refractivity contribution in [3.63, 3.8) is 0 Å². The molecule has 3 N–H and O–H groups in total. The lowest BCUT2D eigenvalue weighted by Crippen LogP contribution is -2.19. The van der Waals surface area contributed by atoms with E-state index in [-0.39, 0.29) is 5.82 Å². The minimum atomic E-state index is -1.23. The largest absolute Gasteiger partial charge is 0.475 e. The van der Waals surface area contributed by atoms with Crippen LogP contribution in [0, 0.1) is 0 Å². The van der Waals surface area contributed by atoms with Crippen LogP contribution in [0.4, 0.5) is 0 Å². The summed E-state index contributed by atoms with van der Waals surface area (Å²) < 4.78 is 0. The lowest BCUT2D eigenvalue weighted by atomic mass is 10.1. The quantitative estimate of drug-likeness (QED) is 0.676. The molecule has 6 nitrogen and oxygen atoms in total. The second kappa shape index (κ2) is 5.88. The minimum Gasteiger partial charge on any atom is -0.475 e. The fourth-order valence-electron chi connectivity index (χ4n) is 1.09. The number of alkyl halides is 1. The number of rotatable bonds is 5. The monoisotopic (exact) mass is 290 g/mol. The Morgan fingerprint density at radius 2 is 1.94 bits per heavy atom. The van der Waals surface area contributed by atoms with Crippen LogP contribution in [0.2, 0.25) is 0 Å². The van der Waals surface area contributed by atoms with Crippen molar-refractivity contribution in [2.75, 3.05) is 5.33 Å². The van der Waals surface area contributed by atoms with Crippen molar-refractivity contribution in [1.82, 2.24) is 9.97 Å². The van der Waals surface area contributed by atoms with Crippen molar-refractivity contribution >= 4 is 21.9 Å². The van der Waals surface area contributed by atoms with E-state index in [9.17, 15) is 15.0 Å². The van der Waals surface area contributed by atoms with Crippen LogP contribution < -0.4 is 0 Å². The zero-order chi connectivity index (χ0) is 12.1. The molecule has 0 fully saturated rings. The molecule has 0 saturated carbocycles. The zero-order valence-corrected chi connectivity index (χ0v) is 9.83. The molecule has 0 radical (unpaired) electrons. The van der Waals surface area contributed by atoms with E-state index in [0.29, 0.717) is 17.3 Å². The van der Waals surface area contributed by atoms with Crippen LogP contribution in [-0.2, 0) is 0 Å². The molecule has 2 unspecified atom stereocenters. The van der Waals surface area contributed by atoms with Crippen molar-refractivity contribution < 1.29 is 20.1 Å². The van der Waals surface area contributed by atoms with E-state index in [0.717, 1.165) is 0 Å². The Labute approximate surface area is 100 Å². The fourth-order valence-corrected chi connectivity index (χ4v) is 1.56. The molecule has 88 valence electrons. The van der Waals surface area contributed by atoms with Gasteiger partial charge in [0.1, 0.15) is 6.10 Å². The van der Waals surface area contributed by atoms with Gasteiger partial charge in [0.25, 0.3) is 0 Å². The molecule has 0 saturated heterocycles. The number of aromatic carboxylic acids is 1. The SMILES string of the molecule is O=C(O)c1ncc(C(O)C(O)CCBr)cn1. The summed E-state index contributed by atoms with van der Waals surface area (Å²) in [5.74, 6) is -1.58. The summed E-state index contributed by atoms with van der Waals surface area (Å²) >= 11 is 3.14. The molecule has 16 heavy (non-hydrogen) atoms. The Hall–Kier alpha value is -1.05. The van der Waals surface area contributed by atoms with Crippen molar-refractivity contribution in [1.29, 1.82) is 0 Å². The smallest absolute Gasteiger partial charge is 0.373 e. The Balaban J connectivity index is 2.77. The molecule has 1 aromatic rings. The van der Waals surface area contributed by atoms with Crippen LogP contribution in [0.1, 0.15) is 28.7 Å². The van der Waals surface area contributed by atoms with Gasteiger partial charge in [-0.25, -0.2) is 14.8 Å². The molecule has 1 rings (SSSR count). The molecule has 0 aliphatic heterocycles. The summed E-state index contributed by atoms with van der Waals surface area (Å²) in [4.78, 5) is 17.6. The van der Waals surface area contributed by atoms with E-state index in [1.807, 2.05) is 0 Å². The van der Waals surface area contributed by atoms with Crippen molar-refractivity contribution in [2.45, 2.75) is 18.6 Å². The summed E-state index contributed by atoms with van der Waals surface area (Å²) in [5, 5.41) is 28.3. The molecule has 0 aliphatic rings. The molecule has 2 atom stereocenters. The first-order valence-electron chi connectivity index (χ1n) is 4.53. The number of aliphatic hydroxyl groups is 2. The second-order valence-electron chi connectivity index (χ2n) is 3.13. The van der Waals surface area contributed by atoms with Crippen LogP contribution >= 0.6 is 15.9 Å². The summed E-state index contributed by atoms with van der Waals surface area (Å²) in [6.07, 6.45) is 0.720. The van der Waals surface area contributed by atoms with Gasteiger partial charge in [-0.15, -0.1) is 0 Å². The van der Waals surface area contributed by atoms with E-state index < -0.39 is 18.2 Å². The average Bonchev–Trinajstić information content (AvgIpc) is 2.28. The van der Waals surface area contributed by atoms with Gasteiger partial charge in [0.2, 0.25) is 5.82 Å². The lowest BCUT2D eigenvalue weighted by molar-refractivity contribution is 0.0169. The van der Waals surface area contributed by atoms with E-state index >= 15 is 0 Å². The molecule has 1 aromatic heterocycles. The summed E-state index contributed by atoms with van der Waals surface area (Å²) in [7, 11) is 0. The van der Waals surface area contributed by atoms with E-state index in [4.69, 9.17) is 5.11 Å². The molecule has 0 aromatic carbocycles. The molecule has 1 heterocycles. The van der Waals surface area contributed by atoms with E-state index in [1.165, 1.54) is 12.4 Å². The third-order valence-electron chi connectivity index (χ3n) is 1.97. The molecular weight excluding hydrogens is 280 g/mol. The highest BCUT2D eigenvalue weighted by molar-refractivity contribution is 9.09. The van der Waals surface area contributed by atoms with Gasteiger partial charge in [-0.1, -0.05) is 15.9 Å². The Morgan fingerprint density at radius 3 is 2.38 bits per heavy atom. The zero-order valence-electron chi connectivity index (χ0n) is 8.25. The molecule has 7 heteroatoms. The first-order chi connectivity index (χ1) is 7.56. The van der Waals surface area contributed by atoms with Gasteiger partial charge in [-0.2, -0.15) is 0 Å². The summed E-state index contributed by atoms with van der Waals surface area (Å²) in [5.41, 5.74) is 0.290. The lowest BCUT2D eigenvalue weighted by Gasteiger charge is -2.16. The second-order valence-corrected chi connectivity index (χ2v) is 3.93. The third kappa shape index (κ3) is 3.22. The van der Waals surface area contributed by atoms with Gasteiger partial charge in [0.15, 0.2) is 0 Å². The third-order valence-corrected chi connectivity index (χ3v) is 2.43. The van der Waals surface area contributed by atoms with Crippen molar-refractivity contribution in [2.24, 2.45) is 0 Å². The Kier molecular flexibility index (Phi) is 4.78. The average molecular weight is 291 g/mol. The summed E-state index contributed by atoms with van der Waals surface area (Å²) in [6, 6.07) is 0. The molecule has 0 bridgehead atoms. The first kappa shape index (κ1) is 13.0. The molecule has 0 spiro atoms. The van der Waals surface area contributed by atoms with Gasteiger partial charge >= 0.3 is 5.97 Å². The highest BCUT2D eigenvalue weighted by Gasteiger charge is 2.19. The Bertz CT molecular complexity index is 357. The number of halogens is 1. The number of carbonyl (C=O) groups is 1. The highest BCUT2D eigenvalue weighted by atomic mass is 79.9. The first-order valence-corrected chi connectivity index (χ1v) is 5.65. The number of aromatic nitrogens is 2. The maximum atomic E-state index is 10.5. The van der Waals surface area contributed by atoms with Crippen LogP contribution in [0.3, 0.4) is 0 Å². The van der Waals surface area contributed by atoms with Crippen LogP contribution in [0.25, 0.3) is 0 Å². The molecule has 0 aliphatic carbocycles.